The Bertz CT molecular complexity index is 319. The molecule has 0 fully saturated rings. The second kappa shape index (κ2) is 7.48. The lowest BCUT2D eigenvalue weighted by atomic mass is 10.1. The summed E-state index contributed by atoms with van der Waals surface area (Å²) in [6, 6.07) is -1.50. The van der Waals surface area contributed by atoms with Crippen molar-refractivity contribution in [2.45, 2.75) is 25.8 Å². The van der Waals surface area contributed by atoms with Crippen molar-refractivity contribution in [3.8, 4) is 0 Å². The molecule has 1 atom stereocenters. The smallest absolute Gasteiger partial charge is 0.289 e. The maximum absolute atomic E-state index is 12.2. The Morgan fingerprint density at radius 2 is 1.94 bits per heavy atom. The molecule has 2 N–H and O–H groups in total. The predicted molar refractivity (Wildman–Crippen MR) is 56.4 cm³/mol. The molecular formula is C10H14F2N2O3. The molecule has 0 unspecified atom stereocenters. The van der Waals surface area contributed by atoms with Gasteiger partial charge in [-0.1, -0.05) is 6.08 Å². The number of carbonyl (C=O) groups is 3. The van der Waals surface area contributed by atoms with Crippen LogP contribution in [0.1, 0.15) is 13.3 Å². The van der Waals surface area contributed by atoms with E-state index in [0.717, 1.165) is 6.92 Å². The lowest BCUT2D eigenvalue weighted by Gasteiger charge is -2.15. The zero-order valence-electron chi connectivity index (χ0n) is 9.33. The zero-order valence-corrected chi connectivity index (χ0v) is 9.33. The summed E-state index contributed by atoms with van der Waals surface area (Å²) >= 11 is 0. The van der Waals surface area contributed by atoms with Crippen LogP contribution in [-0.4, -0.2) is 36.6 Å². The summed E-state index contributed by atoms with van der Waals surface area (Å²) < 4.78 is 24.3. The Morgan fingerprint density at radius 3 is 2.35 bits per heavy atom. The largest absolute Gasteiger partial charge is 0.346 e. The molecule has 5 nitrogen and oxygen atoms in total. The molecule has 0 aromatic rings. The minimum atomic E-state index is -2.79. The van der Waals surface area contributed by atoms with E-state index >= 15 is 0 Å². The van der Waals surface area contributed by atoms with Crippen molar-refractivity contribution in [3.05, 3.63) is 12.7 Å². The van der Waals surface area contributed by atoms with Gasteiger partial charge in [0.25, 0.3) is 5.91 Å². The standard InChI is InChI=1S/C10H14F2N2O3/c1-3-4-13-10(17)9(16)7(5-8(11)12)14-6(2)15/h3,7-8H,1,4-5H2,2H3,(H,13,17)(H,14,15)/t7-/m0/s1. The number of nitrogens with one attached hydrogen (secondary N) is 2. The third kappa shape index (κ3) is 6.39. The molecule has 0 rings (SSSR count). The number of ketones is 1. The average Bonchev–Trinajstić information content (AvgIpc) is 2.22. The number of rotatable bonds is 7. The average molecular weight is 248 g/mol. The molecule has 17 heavy (non-hydrogen) atoms. The van der Waals surface area contributed by atoms with Crippen molar-refractivity contribution in [2.75, 3.05) is 6.54 Å². The van der Waals surface area contributed by atoms with E-state index in [0.29, 0.717) is 0 Å². The van der Waals surface area contributed by atoms with Gasteiger partial charge in [-0.05, 0) is 0 Å². The van der Waals surface area contributed by atoms with E-state index in [4.69, 9.17) is 0 Å². The highest BCUT2D eigenvalue weighted by Gasteiger charge is 2.28. The molecule has 0 aliphatic heterocycles. The van der Waals surface area contributed by atoms with Gasteiger partial charge in [-0.25, -0.2) is 8.78 Å². The van der Waals surface area contributed by atoms with Crippen LogP contribution in [0, 0.1) is 0 Å². The highest BCUT2D eigenvalue weighted by molar-refractivity contribution is 6.38. The summed E-state index contributed by atoms with van der Waals surface area (Å²) in [5.74, 6) is -2.77. The Morgan fingerprint density at radius 1 is 1.35 bits per heavy atom. The van der Waals surface area contributed by atoms with Gasteiger partial charge in [0.1, 0.15) is 6.04 Å². The van der Waals surface area contributed by atoms with Crippen LogP contribution in [0.25, 0.3) is 0 Å². The summed E-state index contributed by atoms with van der Waals surface area (Å²) in [5, 5.41) is 4.17. The number of halogens is 2. The molecule has 0 saturated heterocycles. The van der Waals surface area contributed by atoms with E-state index in [2.05, 4.69) is 11.9 Å². The van der Waals surface area contributed by atoms with Crippen LogP contribution in [0.15, 0.2) is 12.7 Å². The van der Waals surface area contributed by atoms with Gasteiger partial charge >= 0.3 is 0 Å². The molecular weight excluding hydrogens is 234 g/mol. The van der Waals surface area contributed by atoms with Crippen molar-refractivity contribution in [3.63, 3.8) is 0 Å². The summed E-state index contributed by atoms with van der Waals surface area (Å²) in [6.07, 6.45) is -2.34. The number of Topliss-reactive ketones (excluding diaryl/α,β-unsaturated/α-hetero) is 1. The second-order valence-electron chi connectivity index (χ2n) is 3.24. The van der Waals surface area contributed by atoms with E-state index < -0.39 is 36.5 Å². The number of alkyl halides is 2. The fraction of sp³-hybridized carbons (Fsp3) is 0.500. The molecule has 0 aromatic carbocycles. The number of amides is 2. The minimum Gasteiger partial charge on any atom is -0.346 e. The first-order valence-corrected chi connectivity index (χ1v) is 4.86. The van der Waals surface area contributed by atoms with Crippen LogP contribution in [0.4, 0.5) is 8.78 Å². The lowest BCUT2D eigenvalue weighted by molar-refractivity contribution is -0.140. The van der Waals surface area contributed by atoms with Gasteiger partial charge in [0, 0.05) is 19.9 Å². The second-order valence-corrected chi connectivity index (χ2v) is 3.24. The molecule has 0 aromatic heterocycles. The Hall–Kier alpha value is -1.79. The molecule has 0 saturated carbocycles. The Labute approximate surface area is 97.2 Å². The SMILES string of the molecule is C=CCNC(=O)C(=O)[C@H](CC(F)F)NC(C)=O. The third-order valence-corrected chi connectivity index (χ3v) is 1.74. The lowest BCUT2D eigenvalue weighted by Crippen LogP contribution is -2.47. The van der Waals surface area contributed by atoms with Gasteiger partial charge < -0.3 is 10.6 Å². The van der Waals surface area contributed by atoms with Gasteiger partial charge in [0.2, 0.25) is 18.1 Å². The first-order valence-electron chi connectivity index (χ1n) is 4.86. The van der Waals surface area contributed by atoms with Crippen molar-refractivity contribution >= 4 is 17.6 Å². The summed E-state index contributed by atoms with van der Waals surface area (Å²) in [7, 11) is 0. The summed E-state index contributed by atoms with van der Waals surface area (Å²) in [5.41, 5.74) is 0. The van der Waals surface area contributed by atoms with Crippen molar-refractivity contribution in [1.82, 2.24) is 10.6 Å². The first kappa shape index (κ1) is 15.2. The van der Waals surface area contributed by atoms with E-state index in [1.165, 1.54) is 6.08 Å². The maximum atomic E-state index is 12.2. The third-order valence-electron chi connectivity index (χ3n) is 1.74. The molecule has 0 radical (unpaired) electrons. The molecule has 96 valence electrons. The number of hydrogen-bond donors (Lipinski definition) is 2. The Kier molecular flexibility index (Phi) is 6.69. The highest BCUT2D eigenvalue weighted by atomic mass is 19.3. The van der Waals surface area contributed by atoms with Gasteiger partial charge in [-0.15, -0.1) is 6.58 Å². The quantitative estimate of drug-likeness (QED) is 0.492. The maximum Gasteiger partial charge on any atom is 0.289 e. The monoisotopic (exact) mass is 248 g/mol. The molecule has 0 bridgehead atoms. The van der Waals surface area contributed by atoms with Gasteiger partial charge in [0.15, 0.2) is 0 Å². The van der Waals surface area contributed by atoms with Crippen LogP contribution >= 0.6 is 0 Å². The molecule has 0 spiro atoms. The number of carbonyl (C=O) groups excluding carboxylic acids is 3. The Balaban J connectivity index is 4.55. The van der Waals surface area contributed by atoms with Gasteiger partial charge in [0.05, 0.1) is 0 Å². The molecule has 7 heteroatoms. The van der Waals surface area contributed by atoms with Crippen molar-refractivity contribution in [2.24, 2.45) is 0 Å². The first-order chi connectivity index (χ1) is 7.88. The van der Waals surface area contributed by atoms with Gasteiger partial charge in [-0.2, -0.15) is 0 Å². The van der Waals surface area contributed by atoms with Crippen molar-refractivity contribution in [1.29, 1.82) is 0 Å². The van der Waals surface area contributed by atoms with E-state index in [1.54, 1.807) is 0 Å². The predicted octanol–water partition coefficient (Wildman–Crippen LogP) is 0.0176. The normalized spacial score (nSPS) is 11.8. The van der Waals surface area contributed by atoms with Crippen LogP contribution in [-0.2, 0) is 14.4 Å². The van der Waals surface area contributed by atoms with E-state index in [-0.39, 0.29) is 6.54 Å². The van der Waals surface area contributed by atoms with Crippen LogP contribution in [0.3, 0.4) is 0 Å². The van der Waals surface area contributed by atoms with Crippen molar-refractivity contribution < 1.29 is 23.2 Å². The fourth-order valence-electron chi connectivity index (χ4n) is 1.07. The topological polar surface area (TPSA) is 75.3 Å². The molecule has 0 heterocycles. The van der Waals surface area contributed by atoms with E-state index in [1.807, 2.05) is 5.32 Å². The van der Waals surface area contributed by atoms with Gasteiger partial charge in [-0.3, -0.25) is 14.4 Å². The van der Waals surface area contributed by atoms with Crippen LogP contribution in [0.5, 0.6) is 0 Å². The number of hydrogen-bond acceptors (Lipinski definition) is 3. The van der Waals surface area contributed by atoms with Crippen LogP contribution in [0.2, 0.25) is 0 Å². The van der Waals surface area contributed by atoms with E-state index in [9.17, 15) is 23.2 Å². The van der Waals surface area contributed by atoms with Crippen LogP contribution < -0.4 is 10.6 Å². The minimum absolute atomic E-state index is 0.0477. The summed E-state index contributed by atoms with van der Waals surface area (Å²) in [4.78, 5) is 33.3. The zero-order chi connectivity index (χ0) is 13.4. The fourth-order valence-corrected chi connectivity index (χ4v) is 1.07. The molecule has 0 aliphatic carbocycles. The molecule has 2 amide bonds. The molecule has 0 aliphatic rings. The summed E-state index contributed by atoms with van der Waals surface area (Å²) in [6.45, 7) is 4.44. The highest BCUT2D eigenvalue weighted by Crippen LogP contribution is 2.05.